The highest BCUT2D eigenvalue weighted by molar-refractivity contribution is 4.81. The zero-order valence-electron chi connectivity index (χ0n) is 8.09. The van der Waals surface area contributed by atoms with E-state index in [2.05, 4.69) is 6.92 Å². The molecule has 1 aliphatic heterocycles. The Morgan fingerprint density at radius 1 is 1.00 bits per heavy atom. The van der Waals surface area contributed by atoms with Gasteiger partial charge in [0.25, 0.3) is 0 Å². The lowest BCUT2D eigenvalue weighted by Crippen LogP contribution is -2.33. The van der Waals surface area contributed by atoms with Crippen molar-refractivity contribution in [1.29, 1.82) is 0 Å². The second-order valence-corrected chi connectivity index (χ2v) is 4.50. The topological polar surface area (TPSA) is 9.23 Å². The Labute approximate surface area is 75.5 Å². The maximum Gasteiger partial charge on any atom is 0.0628 e. The van der Waals surface area contributed by atoms with E-state index in [4.69, 9.17) is 4.74 Å². The van der Waals surface area contributed by atoms with Gasteiger partial charge in [-0.3, -0.25) is 0 Å². The van der Waals surface area contributed by atoms with Gasteiger partial charge in [-0.05, 0) is 37.5 Å². The Morgan fingerprint density at radius 3 is 2.42 bits per heavy atom. The highest BCUT2D eigenvalue weighted by atomic mass is 16.5. The summed E-state index contributed by atoms with van der Waals surface area (Å²) in [6.07, 6.45) is 9.02. The lowest BCUT2D eigenvalue weighted by atomic mass is 9.86. The first kappa shape index (κ1) is 8.55. The SMILES string of the molecule is CC1CCCOC1C1CCCC1. The smallest absolute Gasteiger partial charge is 0.0628 e. The van der Waals surface area contributed by atoms with Gasteiger partial charge < -0.3 is 4.74 Å². The molecule has 70 valence electrons. The van der Waals surface area contributed by atoms with E-state index in [-0.39, 0.29) is 0 Å². The van der Waals surface area contributed by atoms with Gasteiger partial charge in [-0.1, -0.05) is 19.8 Å². The van der Waals surface area contributed by atoms with Crippen molar-refractivity contribution in [3.63, 3.8) is 0 Å². The molecule has 1 heteroatoms. The van der Waals surface area contributed by atoms with E-state index in [9.17, 15) is 0 Å². The summed E-state index contributed by atoms with van der Waals surface area (Å²) >= 11 is 0. The molecule has 1 saturated carbocycles. The summed E-state index contributed by atoms with van der Waals surface area (Å²) < 4.78 is 5.87. The standard InChI is InChI=1S/C11H20O/c1-9-5-4-8-12-11(9)10-6-2-3-7-10/h9-11H,2-8H2,1H3. The van der Waals surface area contributed by atoms with Gasteiger partial charge in [0.1, 0.15) is 0 Å². The normalized spacial score (nSPS) is 38.8. The molecule has 2 aliphatic rings. The first-order valence-electron chi connectivity index (χ1n) is 5.49. The summed E-state index contributed by atoms with van der Waals surface area (Å²) in [4.78, 5) is 0. The fourth-order valence-electron chi connectivity index (χ4n) is 2.84. The Morgan fingerprint density at radius 2 is 1.75 bits per heavy atom. The summed E-state index contributed by atoms with van der Waals surface area (Å²) in [6.45, 7) is 3.38. The van der Waals surface area contributed by atoms with Crippen molar-refractivity contribution in [3.8, 4) is 0 Å². The third-order valence-electron chi connectivity index (χ3n) is 3.54. The number of rotatable bonds is 1. The van der Waals surface area contributed by atoms with Crippen molar-refractivity contribution in [2.24, 2.45) is 11.8 Å². The van der Waals surface area contributed by atoms with Crippen LogP contribution in [0.5, 0.6) is 0 Å². The van der Waals surface area contributed by atoms with E-state index >= 15 is 0 Å². The molecule has 12 heavy (non-hydrogen) atoms. The van der Waals surface area contributed by atoms with E-state index in [1.165, 1.54) is 38.5 Å². The molecule has 2 atom stereocenters. The zero-order valence-corrected chi connectivity index (χ0v) is 8.09. The molecule has 0 aromatic heterocycles. The minimum absolute atomic E-state index is 0.612. The average Bonchev–Trinajstić information content (AvgIpc) is 2.57. The van der Waals surface area contributed by atoms with Crippen LogP contribution < -0.4 is 0 Å². The molecule has 0 aromatic carbocycles. The molecule has 2 rings (SSSR count). The molecule has 2 fully saturated rings. The molecule has 0 bridgehead atoms. The Bertz CT molecular complexity index is 138. The van der Waals surface area contributed by atoms with Crippen LogP contribution in [-0.4, -0.2) is 12.7 Å². The van der Waals surface area contributed by atoms with E-state index in [1.54, 1.807) is 0 Å². The minimum Gasteiger partial charge on any atom is -0.378 e. The molecule has 0 N–H and O–H groups in total. The fourth-order valence-corrected chi connectivity index (χ4v) is 2.84. The first-order chi connectivity index (χ1) is 5.88. The quantitative estimate of drug-likeness (QED) is 0.585. The van der Waals surface area contributed by atoms with E-state index in [1.807, 2.05) is 0 Å². The predicted molar refractivity (Wildman–Crippen MR) is 50.1 cm³/mol. The van der Waals surface area contributed by atoms with Crippen molar-refractivity contribution in [1.82, 2.24) is 0 Å². The van der Waals surface area contributed by atoms with Crippen molar-refractivity contribution < 1.29 is 4.74 Å². The summed E-state index contributed by atoms with van der Waals surface area (Å²) in [5, 5.41) is 0. The number of hydrogen-bond acceptors (Lipinski definition) is 1. The summed E-state index contributed by atoms with van der Waals surface area (Å²) in [7, 11) is 0. The van der Waals surface area contributed by atoms with Crippen LogP contribution in [0.4, 0.5) is 0 Å². The van der Waals surface area contributed by atoms with Gasteiger partial charge in [0.05, 0.1) is 6.10 Å². The van der Waals surface area contributed by atoms with E-state index < -0.39 is 0 Å². The molecule has 1 aliphatic carbocycles. The van der Waals surface area contributed by atoms with Gasteiger partial charge in [0.2, 0.25) is 0 Å². The van der Waals surface area contributed by atoms with Crippen molar-refractivity contribution in [2.45, 2.75) is 51.6 Å². The highest BCUT2D eigenvalue weighted by Gasteiger charge is 2.31. The lowest BCUT2D eigenvalue weighted by Gasteiger charge is -2.33. The molecule has 1 saturated heterocycles. The predicted octanol–water partition coefficient (Wildman–Crippen LogP) is 2.99. The maximum absolute atomic E-state index is 5.87. The second kappa shape index (κ2) is 3.78. The summed E-state index contributed by atoms with van der Waals surface area (Å²) in [5.41, 5.74) is 0. The second-order valence-electron chi connectivity index (χ2n) is 4.50. The highest BCUT2D eigenvalue weighted by Crippen LogP contribution is 2.35. The maximum atomic E-state index is 5.87. The zero-order chi connectivity index (χ0) is 8.39. The Hall–Kier alpha value is -0.0400. The molecular weight excluding hydrogens is 148 g/mol. The van der Waals surface area contributed by atoms with Crippen LogP contribution >= 0.6 is 0 Å². The molecular formula is C11H20O. The van der Waals surface area contributed by atoms with Crippen molar-refractivity contribution >= 4 is 0 Å². The van der Waals surface area contributed by atoms with Crippen LogP contribution in [0.15, 0.2) is 0 Å². The molecule has 0 spiro atoms. The van der Waals surface area contributed by atoms with Gasteiger partial charge >= 0.3 is 0 Å². The molecule has 0 aromatic rings. The van der Waals surface area contributed by atoms with Gasteiger partial charge in [0, 0.05) is 6.61 Å². The third-order valence-corrected chi connectivity index (χ3v) is 3.54. The van der Waals surface area contributed by atoms with Crippen molar-refractivity contribution in [3.05, 3.63) is 0 Å². The van der Waals surface area contributed by atoms with Gasteiger partial charge in [0.15, 0.2) is 0 Å². The third kappa shape index (κ3) is 1.66. The van der Waals surface area contributed by atoms with Crippen LogP contribution in [0.25, 0.3) is 0 Å². The van der Waals surface area contributed by atoms with Gasteiger partial charge in [-0.25, -0.2) is 0 Å². The average molecular weight is 168 g/mol. The number of ether oxygens (including phenoxy) is 1. The molecule has 1 nitrogen and oxygen atoms in total. The minimum atomic E-state index is 0.612. The molecule has 2 unspecified atom stereocenters. The van der Waals surface area contributed by atoms with Gasteiger partial charge in [-0.15, -0.1) is 0 Å². The number of hydrogen-bond donors (Lipinski definition) is 0. The molecule has 0 amide bonds. The largest absolute Gasteiger partial charge is 0.378 e. The molecule has 0 radical (unpaired) electrons. The summed E-state index contributed by atoms with van der Waals surface area (Å²) in [6, 6.07) is 0. The van der Waals surface area contributed by atoms with Crippen LogP contribution in [0, 0.1) is 11.8 Å². The fraction of sp³-hybridized carbons (Fsp3) is 1.00. The van der Waals surface area contributed by atoms with Crippen LogP contribution in [0.2, 0.25) is 0 Å². The van der Waals surface area contributed by atoms with Crippen LogP contribution in [-0.2, 0) is 4.74 Å². The Balaban J connectivity index is 1.91. The van der Waals surface area contributed by atoms with Crippen LogP contribution in [0.3, 0.4) is 0 Å². The van der Waals surface area contributed by atoms with Gasteiger partial charge in [-0.2, -0.15) is 0 Å². The van der Waals surface area contributed by atoms with Crippen molar-refractivity contribution in [2.75, 3.05) is 6.61 Å². The van der Waals surface area contributed by atoms with E-state index in [0.717, 1.165) is 18.4 Å². The van der Waals surface area contributed by atoms with E-state index in [0.29, 0.717) is 6.10 Å². The summed E-state index contributed by atoms with van der Waals surface area (Å²) in [5.74, 6) is 1.72. The lowest BCUT2D eigenvalue weighted by molar-refractivity contribution is -0.0533. The van der Waals surface area contributed by atoms with Crippen LogP contribution in [0.1, 0.15) is 45.4 Å². The Kier molecular flexibility index (Phi) is 2.69. The molecule has 1 heterocycles. The first-order valence-corrected chi connectivity index (χ1v) is 5.49. The monoisotopic (exact) mass is 168 g/mol.